The maximum absolute atomic E-state index is 11.6. The maximum Gasteiger partial charge on any atom is 0.150 e. The van der Waals surface area contributed by atoms with Crippen molar-refractivity contribution in [3.8, 4) is 0 Å². The third-order valence-electron chi connectivity index (χ3n) is 4.05. The second kappa shape index (κ2) is 5.16. The number of hydrogen-bond donors (Lipinski definition) is 2. The number of nitrogens with one attached hydrogen (secondary N) is 1. The van der Waals surface area contributed by atoms with Crippen LogP contribution in [0.4, 0.5) is 0 Å². The Bertz CT molecular complexity index is 727. The van der Waals surface area contributed by atoms with Crippen molar-refractivity contribution >= 4 is 20.6 Å². The molecule has 1 aliphatic heterocycles. The van der Waals surface area contributed by atoms with Gasteiger partial charge in [-0.15, -0.1) is 0 Å². The lowest BCUT2D eigenvalue weighted by atomic mass is 9.91. The van der Waals surface area contributed by atoms with Gasteiger partial charge >= 0.3 is 0 Å². The largest absolute Gasteiger partial charge is 0.271 e. The molecule has 0 spiro atoms. The second-order valence-corrected chi connectivity index (χ2v) is 7.64. The van der Waals surface area contributed by atoms with Crippen molar-refractivity contribution in [2.45, 2.75) is 12.5 Å². The van der Waals surface area contributed by atoms with Crippen LogP contribution in [0.25, 0.3) is 10.8 Å². The fourth-order valence-corrected chi connectivity index (χ4v) is 4.83. The summed E-state index contributed by atoms with van der Waals surface area (Å²) in [6.07, 6.45) is 0.671. The Hall–Kier alpha value is -1.43. The highest BCUT2D eigenvalue weighted by Gasteiger charge is 2.34. The summed E-state index contributed by atoms with van der Waals surface area (Å²) in [6.45, 7) is 0. The van der Waals surface area contributed by atoms with Crippen molar-refractivity contribution < 1.29 is 8.42 Å². The number of hydrazine groups is 1. The molecule has 106 valence electrons. The van der Waals surface area contributed by atoms with Crippen LogP contribution in [0.1, 0.15) is 18.0 Å². The molecule has 1 heterocycles. The Labute approximate surface area is 118 Å². The fraction of sp³-hybridized carbons (Fsp3) is 0.333. The minimum Gasteiger partial charge on any atom is -0.271 e. The van der Waals surface area contributed by atoms with E-state index >= 15 is 0 Å². The minimum absolute atomic E-state index is 0.0474. The van der Waals surface area contributed by atoms with E-state index in [-0.39, 0.29) is 23.5 Å². The molecule has 3 rings (SSSR count). The molecule has 5 heteroatoms. The molecule has 0 aromatic heterocycles. The molecule has 0 amide bonds. The Kier molecular flexibility index (Phi) is 3.50. The summed E-state index contributed by atoms with van der Waals surface area (Å²) >= 11 is 0. The Balaban J connectivity index is 1.95. The molecule has 3 N–H and O–H groups in total. The van der Waals surface area contributed by atoms with E-state index in [1.165, 1.54) is 5.39 Å². The van der Waals surface area contributed by atoms with Gasteiger partial charge in [0.15, 0.2) is 9.84 Å². The smallest absolute Gasteiger partial charge is 0.150 e. The van der Waals surface area contributed by atoms with Crippen molar-refractivity contribution in [3.63, 3.8) is 0 Å². The van der Waals surface area contributed by atoms with E-state index in [9.17, 15) is 8.42 Å². The van der Waals surface area contributed by atoms with E-state index in [0.29, 0.717) is 6.42 Å². The molecular formula is C15H18N2O2S. The van der Waals surface area contributed by atoms with Gasteiger partial charge in [-0.2, -0.15) is 0 Å². The van der Waals surface area contributed by atoms with Crippen molar-refractivity contribution in [1.82, 2.24) is 5.43 Å². The molecular weight excluding hydrogens is 272 g/mol. The quantitative estimate of drug-likeness (QED) is 0.667. The molecule has 1 fully saturated rings. The van der Waals surface area contributed by atoms with Gasteiger partial charge in [0.1, 0.15) is 0 Å². The zero-order valence-electron chi connectivity index (χ0n) is 11.1. The van der Waals surface area contributed by atoms with Gasteiger partial charge in [0, 0.05) is 6.04 Å². The lowest BCUT2D eigenvalue weighted by Gasteiger charge is -2.22. The van der Waals surface area contributed by atoms with E-state index < -0.39 is 9.84 Å². The summed E-state index contributed by atoms with van der Waals surface area (Å²) in [7, 11) is -2.90. The lowest BCUT2D eigenvalue weighted by molar-refractivity contribution is 0.400. The number of benzene rings is 2. The van der Waals surface area contributed by atoms with Crippen LogP contribution in [-0.4, -0.2) is 19.9 Å². The summed E-state index contributed by atoms with van der Waals surface area (Å²) in [5, 5.41) is 2.32. The van der Waals surface area contributed by atoms with E-state index in [0.717, 1.165) is 10.9 Å². The highest BCUT2D eigenvalue weighted by Crippen LogP contribution is 2.32. The first-order valence-corrected chi connectivity index (χ1v) is 8.56. The van der Waals surface area contributed by atoms with Crippen molar-refractivity contribution in [3.05, 3.63) is 48.0 Å². The number of sulfone groups is 1. The minimum atomic E-state index is -2.90. The summed E-state index contributed by atoms with van der Waals surface area (Å²) in [5.74, 6) is 6.20. The topological polar surface area (TPSA) is 72.2 Å². The van der Waals surface area contributed by atoms with E-state index in [2.05, 4.69) is 29.7 Å². The van der Waals surface area contributed by atoms with Gasteiger partial charge in [-0.25, -0.2) is 8.42 Å². The average Bonchev–Trinajstić information content (AvgIpc) is 2.80. The van der Waals surface area contributed by atoms with Gasteiger partial charge in [0.2, 0.25) is 0 Å². The SMILES string of the molecule is NNC(c1ccc2ccccc2c1)C1CCS(=O)(=O)C1. The molecule has 2 aromatic rings. The third-order valence-corrected chi connectivity index (χ3v) is 5.84. The normalized spacial score (nSPS) is 22.9. The monoisotopic (exact) mass is 290 g/mol. The number of fused-ring (bicyclic) bond motifs is 1. The number of rotatable bonds is 3. The van der Waals surface area contributed by atoms with Gasteiger partial charge in [0.25, 0.3) is 0 Å². The highest BCUT2D eigenvalue weighted by atomic mass is 32.2. The molecule has 4 nitrogen and oxygen atoms in total. The van der Waals surface area contributed by atoms with Crippen LogP contribution in [0, 0.1) is 5.92 Å². The first kappa shape index (κ1) is 13.5. The van der Waals surface area contributed by atoms with Gasteiger partial charge in [-0.05, 0) is 34.7 Å². The molecule has 0 radical (unpaired) electrons. The molecule has 20 heavy (non-hydrogen) atoms. The Morgan fingerprint density at radius 1 is 1.15 bits per heavy atom. The molecule has 0 bridgehead atoms. The number of hydrogen-bond acceptors (Lipinski definition) is 4. The van der Waals surface area contributed by atoms with Crippen LogP contribution in [0.15, 0.2) is 42.5 Å². The summed E-state index contributed by atoms with van der Waals surface area (Å²) < 4.78 is 23.3. The van der Waals surface area contributed by atoms with Crippen LogP contribution in [0.5, 0.6) is 0 Å². The zero-order chi connectivity index (χ0) is 14.2. The van der Waals surface area contributed by atoms with Crippen LogP contribution in [0.3, 0.4) is 0 Å². The van der Waals surface area contributed by atoms with E-state index in [1.54, 1.807) is 0 Å². The molecule has 1 aliphatic rings. The molecule has 2 unspecified atom stereocenters. The molecule has 0 saturated carbocycles. The van der Waals surface area contributed by atoms with Crippen LogP contribution < -0.4 is 11.3 Å². The first-order chi connectivity index (χ1) is 9.59. The average molecular weight is 290 g/mol. The Morgan fingerprint density at radius 2 is 1.90 bits per heavy atom. The van der Waals surface area contributed by atoms with Gasteiger partial charge in [-0.1, -0.05) is 36.4 Å². The summed E-state index contributed by atoms with van der Waals surface area (Å²) in [5.41, 5.74) is 3.85. The Morgan fingerprint density at radius 3 is 2.55 bits per heavy atom. The molecule has 1 saturated heterocycles. The first-order valence-electron chi connectivity index (χ1n) is 6.74. The van der Waals surface area contributed by atoms with Gasteiger partial charge in [-0.3, -0.25) is 11.3 Å². The summed E-state index contributed by atoms with van der Waals surface area (Å²) in [6, 6.07) is 14.2. The van der Waals surface area contributed by atoms with Crippen LogP contribution >= 0.6 is 0 Å². The standard InChI is InChI=1S/C15H18N2O2S/c16-17-15(14-7-8-20(18,19)10-14)13-6-5-11-3-1-2-4-12(11)9-13/h1-6,9,14-15,17H,7-8,10,16H2. The summed E-state index contributed by atoms with van der Waals surface area (Å²) in [4.78, 5) is 0. The predicted octanol–water partition coefficient (Wildman–Crippen LogP) is 1.78. The van der Waals surface area contributed by atoms with Gasteiger partial charge in [0.05, 0.1) is 11.5 Å². The highest BCUT2D eigenvalue weighted by molar-refractivity contribution is 7.91. The van der Waals surface area contributed by atoms with Crippen LogP contribution in [-0.2, 0) is 9.84 Å². The lowest BCUT2D eigenvalue weighted by Crippen LogP contribution is -2.34. The van der Waals surface area contributed by atoms with Crippen molar-refractivity contribution in [2.75, 3.05) is 11.5 Å². The molecule has 0 aliphatic carbocycles. The van der Waals surface area contributed by atoms with E-state index in [1.807, 2.05) is 18.2 Å². The number of nitrogens with two attached hydrogens (primary N) is 1. The van der Waals surface area contributed by atoms with E-state index in [4.69, 9.17) is 5.84 Å². The van der Waals surface area contributed by atoms with Crippen molar-refractivity contribution in [2.24, 2.45) is 11.8 Å². The molecule has 2 atom stereocenters. The van der Waals surface area contributed by atoms with Crippen molar-refractivity contribution in [1.29, 1.82) is 0 Å². The maximum atomic E-state index is 11.6. The third kappa shape index (κ3) is 2.57. The second-order valence-electron chi connectivity index (χ2n) is 5.41. The fourth-order valence-electron chi connectivity index (χ4n) is 2.99. The molecule has 2 aromatic carbocycles. The zero-order valence-corrected chi connectivity index (χ0v) is 11.9. The van der Waals surface area contributed by atoms with Crippen LogP contribution in [0.2, 0.25) is 0 Å². The predicted molar refractivity (Wildman–Crippen MR) is 80.8 cm³/mol. The van der Waals surface area contributed by atoms with Gasteiger partial charge < -0.3 is 0 Å².